The van der Waals surface area contributed by atoms with Crippen LogP contribution in [0, 0.1) is 13.8 Å². The van der Waals surface area contributed by atoms with Crippen molar-refractivity contribution >= 4 is 32.9 Å². The molecule has 3 aromatic rings. The lowest BCUT2D eigenvalue weighted by molar-refractivity contribution is 0.317. The normalized spacial score (nSPS) is 13.3. The number of anilines is 1. The van der Waals surface area contributed by atoms with Gasteiger partial charge in [-0.15, -0.1) is 5.10 Å². The van der Waals surface area contributed by atoms with E-state index in [2.05, 4.69) is 27.2 Å². The molecule has 150 valence electrons. The summed E-state index contributed by atoms with van der Waals surface area (Å²) in [6.07, 6.45) is 0. The van der Waals surface area contributed by atoms with Crippen LogP contribution < -0.4 is 5.32 Å². The summed E-state index contributed by atoms with van der Waals surface area (Å²) in [5, 5.41) is 7.75. The average Bonchev–Trinajstić information content (AvgIpc) is 3.01. The van der Waals surface area contributed by atoms with E-state index in [0.717, 1.165) is 17.0 Å². The summed E-state index contributed by atoms with van der Waals surface area (Å²) in [5.74, 6) is 0.254. The Morgan fingerprint density at radius 1 is 1.25 bits per heavy atom. The molecule has 2 aromatic heterocycles. The third-order valence-electron chi connectivity index (χ3n) is 4.99. The van der Waals surface area contributed by atoms with Gasteiger partial charge in [-0.25, -0.2) is 17.9 Å². The fourth-order valence-electron chi connectivity index (χ4n) is 3.35. The monoisotopic (exact) mass is 421 g/mol. The van der Waals surface area contributed by atoms with Crippen LogP contribution in [0.15, 0.2) is 34.1 Å². The first kappa shape index (κ1) is 20.6. The Kier molecular flexibility index (Phi) is 5.40. The molecule has 0 fully saturated rings. The molecule has 28 heavy (non-hydrogen) atoms. The molecule has 0 saturated carbocycles. The lowest BCUT2D eigenvalue weighted by Crippen LogP contribution is -2.21. The summed E-state index contributed by atoms with van der Waals surface area (Å²) in [6, 6.07) is 6.30. The minimum atomic E-state index is -3.87. The Morgan fingerprint density at radius 2 is 1.93 bits per heavy atom. The van der Waals surface area contributed by atoms with Crippen LogP contribution in [0.5, 0.6) is 0 Å². The number of rotatable bonds is 5. The average molecular weight is 422 g/mol. The van der Waals surface area contributed by atoms with E-state index in [1.165, 1.54) is 12.1 Å². The topological polar surface area (TPSA) is 79.6 Å². The van der Waals surface area contributed by atoms with E-state index < -0.39 is 9.84 Å². The Morgan fingerprint density at radius 3 is 2.50 bits per heavy atom. The van der Waals surface area contributed by atoms with Crippen molar-refractivity contribution < 1.29 is 8.42 Å². The molecule has 7 nitrogen and oxygen atoms in total. The minimum absolute atomic E-state index is 0.0486. The second-order valence-corrected chi connectivity index (χ2v) is 9.28. The number of hydrogen-bond acceptors (Lipinski definition) is 6. The first-order valence-corrected chi connectivity index (χ1v) is 10.7. The number of halogens is 1. The van der Waals surface area contributed by atoms with Gasteiger partial charge in [0.15, 0.2) is 16.4 Å². The standard InChI is InChI=1S/C19H24ClN5O2S/c1-11-16(12(2)24(5)6)13(3)25-19(22-11)17(18(21-4)23-25)28(26,27)15-9-7-8-14(20)10-15/h7-10,12H,1-6H3,(H,21,23). The van der Waals surface area contributed by atoms with Crippen molar-refractivity contribution in [3.05, 3.63) is 46.2 Å². The van der Waals surface area contributed by atoms with Crippen molar-refractivity contribution in [3.8, 4) is 0 Å². The first-order valence-electron chi connectivity index (χ1n) is 8.84. The van der Waals surface area contributed by atoms with Crippen LogP contribution in [-0.4, -0.2) is 49.1 Å². The van der Waals surface area contributed by atoms with Crippen molar-refractivity contribution in [1.82, 2.24) is 19.5 Å². The van der Waals surface area contributed by atoms with E-state index in [1.807, 2.05) is 27.9 Å². The molecule has 0 spiro atoms. The summed E-state index contributed by atoms with van der Waals surface area (Å²) in [7, 11) is 1.75. The zero-order valence-electron chi connectivity index (χ0n) is 16.8. The predicted molar refractivity (Wildman–Crippen MR) is 111 cm³/mol. The molecule has 1 atom stereocenters. The molecule has 1 unspecified atom stereocenters. The number of fused-ring (bicyclic) bond motifs is 1. The summed E-state index contributed by atoms with van der Waals surface area (Å²) < 4.78 is 28.4. The highest BCUT2D eigenvalue weighted by molar-refractivity contribution is 7.91. The van der Waals surface area contributed by atoms with E-state index >= 15 is 0 Å². The first-order chi connectivity index (χ1) is 13.1. The van der Waals surface area contributed by atoms with Gasteiger partial charge in [0.1, 0.15) is 0 Å². The highest BCUT2D eigenvalue weighted by atomic mass is 35.5. The second kappa shape index (κ2) is 7.35. The summed E-state index contributed by atoms with van der Waals surface area (Å²) >= 11 is 6.02. The minimum Gasteiger partial charge on any atom is -0.370 e. The van der Waals surface area contributed by atoms with Gasteiger partial charge in [0.2, 0.25) is 9.84 Å². The molecular formula is C19H24ClN5O2S. The SMILES string of the molecule is CNc1nn2c(C)c(C(C)N(C)C)c(C)nc2c1S(=O)(=O)c1cccc(Cl)c1. The molecule has 1 aromatic carbocycles. The molecule has 0 radical (unpaired) electrons. The molecule has 2 heterocycles. The molecule has 0 saturated heterocycles. The quantitative estimate of drug-likeness (QED) is 0.679. The number of sulfone groups is 1. The van der Waals surface area contributed by atoms with Crippen LogP contribution in [0.2, 0.25) is 5.02 Å². The van der Waals surface area contributed by atoms with E-state index in [1.54, 1.807) is 23.7 Å². The molecule has 0 amide bonds. The van der Waals surface area contributed by atoms with Gasteiger partial charge in [0.25, 0.3) is 0 Å². The summed E-state index contributed by atoms with van der Waals surface area (Å²) in [6.45, 7) is 5.90. The second-order valence-electron chi connectivity index (χ2n) is 6.96. The zero-order chi connectivity index (χ0) is 20.8. The number of hydrogen-bond donors (Lipinski definition) is 1. The van der Waals surface area contributed by atoms with E-state index in [9.17, 15) is 8.42 Å². The summed E-state index contributed by atoms with van der Waals surface area (Å²) in [5.41, 5.74) is 2.95. The maximum atomic E-state index is 13.4. The lowest BCUT2D eigenvalue weighted by Gasteiger charge is -2.23. The summed E-state index contributed by atoms with van der Waals surface area (Å²) in [4.78, 5) is 6.88. The molecular weight excluding hydrogens is 398 g/mol. The van der Waals surface area contributed by atoms with Crippen LogP contribution in [-0.2, 0) is 9.84 Å². The molecule has 9 heteroatoms. The van der Waals surface area contributed by atoms with Gasteiger partial charge < -0.3 is 10.2 Å². The fraction of sp³-hybridized carbons (Fsp3) is 0.368. The van der Waals surface area contributed by atoms with Crippen LogP contribution in [0.4, 0.5) is 5.82 Å². The Bertz CT molecular complexity index is 1150. The number of aromatic nitrogens is 3. The van der Waals surface area contributed by atoms with Gasteiger partial charge in [-0.1, -0.05) is 17.7 Å². The maximum absolute atomic E-state index is 13.4. The van der Waals surface area contributed by atoms with Gasteiger partial charge in [-0.2, -0.15) is 0 Å². The molecule has 0 aliphatic heterocycles. The maximum Gasteiger partial charge on any atom is 0.214 e. The third kappa shape index (κ3) is 3.25. The largest absolute Gasteiger partial charge is 0.370 e. The number of nitrogens with zero attached hydrogens (tertiary/aromatic N) is 4. The smallest absolute Gasteiger partial charge is 0.214 e. The van der Waals surface area contributed by atoms with Crippen molar-refractivity contribution in [1.29, 1.82) is 0 Å². The Balaban J connectivity index is 2.36. The predicted octanol–water partition coefficient (Wildman–Crippen LogP) is 3.50. The lowest BCUT2D eigenvalue weighted by atomic mass is 10.0. The number of nitrogens with one attached hydrogen (secondary N) is 1. The van der Waals surface area contributed by atoms with Gasteiger partial charge in [0, 0.05) is 35.1 Å². The van der Waals surface area contributed by atoms with Crippen molar-refractivity contribution in [3.63, 3.8) is 0 Å². The molecule has 0 aliphatic rings. The number of aryl methyl sites for hydroxylation is 2. The van der Waals surface area contributed by atoms with Crippen LogP contribution >= 0.6 is 11.6 Å². The highest BCUT2D eigenvalue weighted by Gasteiger charge is 2.30. The van der Waals surface area contributed by atoms with Crippen LogP contribution in [0.1, 0.15) is 29.9 Å². The van der Waals surface area contributed by atoms with Gasteiger partial charge in [-0.3, -0.25) is 0 Å². The molecule has 3 rings (SSSR count). The Hall–Kier alpha value is -2.16. The third-order valence-corrected chi connectivity index (χ3v) is 7.02. The van der Waals surface area contributed by atoms with E-state index in [-0.39, 0.29) is 21.7 Å². The van der Waals surface area contributed by atoms with Gasteiger partial charge in [0.05, 0.1) is 4.90 Å². The van der Waals surface area contributed by atoms with Crippen LogP contribution in [0.3, 0.4) is 0 Å². The fourth-order valence-corrected chi connectivity index (χ4v) is 5.15. The molecule has 0 aliphatic carbocycles. The highest BCUT2D eigenvalue weighted by Crippen LogP contribution is 2.34. The van der Waals surface area contributed by atoms with Gasteiger partial charge in [-0.05, 0) is 53.1 Å². The van der Waals surface area contributed by atoms with Crippen molar-refractivity contribution in [2.24, 2.45) is 0 Å². The van der Waals surface area contributed by atoms with E-state index in [0.29, 0.717) is 10.7 Å². The van der Waals surface area contributed by atoms with Crippen molar-refractivity contribution in [2.75, 3.05) is 26.5 Å². The molecule has 0 bridgehead atoms. The van der Waals surface area contributed by atoms with E-state index in [4.69, 9.17) is 11.6 Å². The van der Waals surface area contributed by atoms with Gasteiger partial charge >= 0.3 is 0 Å². The van der Waals surface area contributed by atoms with Crippen molar-refractivity contribution in [2.45, 2.75) is 36.6 Å². The van der Waals surface area contributed by atoms with Crippen LogP contribution in [0.25, 0.3) is 5.65 Å². The molecule has 1 N–H and O–H groups in total. The number of benzene rings is 1. The Labute approximate surface area is 170 Å². The zero-order valence-corrected chi connectivity index (χ0v) is 18.4.